The molecule has 0 amide bonds. The fraction of sp³-hybridized carbons (Fsp3) is 0.941. The Hall–Kier alpha value is -0.610. The van der Waals surface area contributed by atoms with E-state index in [0.29, 0.717) is 18.1 Å². The zero-order valence-electron chi connectivity index (χ0n) is 14.3. The van der Waals surface area contributed by atoms with Gasteiger partial charge < -0.3 is 10.1 Å². The van der Waals surface area contributed by atoms with Crippen LogP contribution in [0, 0.1) is 5.92 Å². The van der Waals surface area contributed by atoms with Gasteiger partial charge in [-0.05, 0) is 53.9 Å². The Morgan fingerprint density at radius 1 is 1.14 bits per heavy atom. The molecule has 21 heavy (non-hydrogen) atoms. The number of ether oxygens (including phenoxy) is 1. The van der Waals surface area contributed by atoms with Crippen LogP contribution in [0.1, 0.15) is 60.3 Å². The van der Waals surface area contributed by atoms with E-state index in [2.05, 4.69) is 24.1 Å². The molecule has 0 bridgehead atoms. The van der Waals surface area contributed by atoms with E-state index < -0.39 is 5.60 Å². The lowest BCUT2D eigenvalue weighted by atomic mass is 9.89. The SMILES string of the molecule is C[C@@H]1CCC[C@H](C)N1C1CNCC(C(=O)OC(C)(C)C)C1. The highest BCUT2D eigenvalue weighted by Crippen LogP contribution is 2.29. The van der Waals surface area contributed by atoms with Crippen molar-refractivity contribution in [2.45, 2.75) is 84.0 Å². The van der Waals surface area contributed by atoms with Crippen molar-refractivity contribution in [3.8, 4) is 0 Å². The molecule has 2 aliphatic rings. The lowest BCUT2D eigenvalue weighted by molar-refractivity contribution is -0.161. The van der Waals surface area contributed by atoms with Crippen molar-refractivity contribution in [1.82, 2.24) is 10.2 Å². The summed E-state index contributed by atoms with van der Waals surface area (Å²) in [6.45, 7) is 12.2. The average Bonchev–Trinajstić information content (AvgIpc) is 2.37. The van der Waals surface area contributed by atoms with Gasteiger partial charge in [-0.2, -0.15) is 0 Å². The normalized spacial score (nSPS) is 35.5. The molecule has 2 saturated heterocycles. The van der Waals surface area contributed by atoms with Crippen LogP contribution >= 0.6 is 0 Å². The molecule has 122 valence electrons. The number of rotatable bonds is 2. The molecule has 2 fully saturated rings. The number of nitrogens with one attached hydrogen (secondary N) is 1. The minimum Gasteiger partial charge on any atom is -0.460 e. The first-order valence-electron chi connectivity index (χ1n) is 8.49. The van der Waals surface area contributed by atoms with E-state index >= 15 is 0 Å². The minimum atomic E-state index is -0.393. The molecule has 2 unspecified atom stereocenters. The van der Waals surface area contributed by atoms with E-state index in [9.17, 15) is 4.79 Å². The molecule has 0 aliphatic carbocycles. The Morgan fingerprint density at radius 2 is 1.76 bits per heavy atom. The molecule has 1 N–H and O–H groups in total. The van der Waals surface area contributed by atoms with Gasteiger partial charge in [0, 0.05) is 31.2 Å². The quantitative estimate of drug-likeness (QED) is 0.795. The maximum absolute atomic E-state index is 12.3. The second-order valence-corrected chi connectivity index (χ2v) is 7.85. The molecule has 4 nitrogen and oxygen atoms in total. The van der Waals surface area contributed by atoms with Gasteiger partial charge in [0.05, 0.1) is 5.92 Å². The van der Waals surface area contributed by atoms with Crippen molar-refractivity contribution >= 4 is 5.97 Å². The van der Waals surface area contributed by atoms with Gasteiger partial charge in [-0.15, -0.1) is 0 Å². The molecular weight excluding hydrogens is 264 g/mol. The Morgan fingerprint density at radius 3 is 2.33 bits per heavy atom. The van der Waals surface area contributed by atoms with E-state index in [-0.39, 0.29) is 11.9 Å². The van der Waals surface area contributed by atoms with Crippen LogP contribution in [0.4, 0.5) is 0 Å². The van der Waals surface area contributed by atoms with Crippen LogP contribution in [-0.4, -0.2) is 47.7 Å². The molecule has 0 spiro atoms. The second-order valence-electron chi connectivity index (χ2n) is 7.85. The number of carbonyl (C=O) groups is 1. The second kappa shape index (κ2) is 6.66. The van der Waals surface area contributed by atoms with E-state index in [1.54, 1.807) is 0 Å². The third kappa shape index (κ3) is 4.43. The Kier molecular flexibility index (Phi) is 5.31. The number of hydrogen-bond acceptors (Lipinski definition) is 4. The fourth-order valence-electron chi connectivity index (χ4n) is 3.87. The molecule has 2 aliphatic heterocycles. The smallest absolute Gasteiger partial charge is 0.310 e. The highest BCUT2D eigenvalue weighted by Gasteiger charge is 2.37. The molecule has 2 heterocycles. The highest BCUT2D eigenvalue weighted by atomic mass is 16.6. The van der Waals surface area contributed by atoms with Gasteiger partial charge in [0.1, 0.15) is 5.60 Å². The van der Waals surface area contributed by atoms with Gasteiger partial charge in [-0.1, -0.05) is 6.42 Å². The third-order valence-electron chi connectivity index (χ3n) is 4.75. The van der Waals surface area contributed by atoms with Gasteiger partial charge in [-0.25, -0.2) is 0 Å². The number of carbonyl (C=O) groups excluding carboxylic acids is 1. The Bertz CT molecular complexity index is 354. The summed E-state index contributed by atoms with van der Waals surface area (Å²) < 4.78 is 5.57. The van der Waals surface area contributed by atoms with E-state index in [1.807, 2.05) is 20.8 Å². The molecule has 0 aromatic carbocycles. The Labute approximate surface area is 129 Å². The first-order valence-corrected chi connectivity index (χ1v) is 8.49. The zero-order valence-corrected chi connectivity index (χ0v) is 14.3. The predicted octanol–water partition coefficient (Wildman–Crippen LogP) is 2.57. The summed E-state index contributed by atoms with van der Waals surface area (Å²) in [7, 11) is 0. The van der Waals surface area contributed by atoms with E-state index in [4.69, 9.17) is 4.74 Å². The van der Waals surface area contributed by atoms with Crippen LogP contribution in [0.25, 0.3) is 0 Å². The topological polar surface area (TPSA) is 41.6 Å². The number of esters is 1. The largest absolute Gasteiger partial charge is 0.460 e. The summed E-state index contributed by atoms with van der Waals surface area (Å²) in [5.41, 5.74) is -0.393. The van der Waals surface area contributed by atoms with Crippen molar-refractivity contribution in [3.05, 3.63) is 0 Å². The minimum absolute atomic E-state index is 0.00991. The standard InChI is InChI=1S/C17H32N2O2/c1-12-7-6-8-13(2)19(12)15-9-14(10-18-11-15)16(20)21-17(3,4)5/h12-15,18H,6-11H2,1-5H3/t12-,13+,14?,15?. The lowest BCUT2D eigenvalue weighted by Crippen LogP contribution is -2.57. The van der Waals surface area contributed by atoms with Crippen LogP contribution in [0.15, 0.2) is 0 Å². The molecular formula is C17H32N2O2. The third-order valence-corrected chi connectivity index (χ3v) is 4.75. The van der Waals surface area contributed by atoms with Crippen molar-refractivity contribution in [1.29, 1.82) is 0 Å². The molecule has 4 atom stereocenters. The predicted molar refractivity (Wildman–Crippen MR) is 85.2 cm³/mol. The van der Waals surface area contributed by atoms with Crippen molar-refractivity contribution in [2.75, 3.05) is 13.1 Å². The summed E-state index contributed by atoms with van der Waals surface area (Å²) in [6.07, 6.45) is 4.81. The van der Waals surface area contributed by atoms with E-state index in [0.717, 1.165) is 19.5 Å². The molecule has 2 rings (SSSR count). The van der Waals surface area contributed by atoms with Gasteiger partial charge in [0.25, 0.3) is 0 Å². The fourth-order valence-corrected chi connectivity index (χ4v) is 3.87. The van der Waals surface area contributed by atoms with Crippen LogP contribution in [0.5, 0.6) is 0 Å². The average molecular weight is 296 g/mol. The van der Waals surface area contributed by atoms with Crippen LogP contribution in [0.3, 0.4) is 0 Å². The van der Waals surface area contributed by atoms with Crippen LogP contribution in [0.2, 0.25) is 0 Å². The van der Waals surface area contributed by atoms with Crippen LogP contribution < -0.4 is 5.32 Å². The number of nitrogens with zero attached hydrogens (tertiary/aromatic N) is 1. The zero-order chi connectivity index (χ0) is 15.6. The lowest BCUT2D eigenvalue weighted by Gasteiger charge is -2.46. The summed E-state index contributed by atoms with van der Waals surface area (Å²) in [5, 5.41) is 3.45. The first kappa shape index (κ1) is 16.8. The van der Waals surface area contributed by atoms with Gasteiger partial charge >= 0.3 is 5.97 Å². The maximum atomic E-state index is 12.3. The molecule has 0 aromatic rings. The highest BCUT2D eigenvalue weighted by molar-refractivity contribution is 5.73. The molecule has 0 aromatic heterocycles. The number of likely N-dealkylation sites (tertiary alicyclic amines) is 1. The first-order chi connectivity index (χ1) is 9.78. The molecule has 4 heteroatoms. The summed E-state index contributed by atoms with van der Waals surface area (Å²) in [4.78, 5) is 15.0. The monoisotopic (exact) mass is 296 g/mol. The Balaban J connectivity index is 1.98. The summed E-state index contributed by atoms with van der Waals surface area (Å²) >= 11 is 0. The van der Waals surface area contributed by atoms with Crippen molar-refractivity contribution in [2.24, 2.45) is 5.92 Å². The number of hydrogen-bond donors (Lipinski definition) is 1. The van der Waals surface area contributed by atoms with Gasteiger partial charge in [-0.3, -0.25) is 9.69 Å². The summed E-state index contributed by atoms with van der Waals surface area (Å²) in [6, 6.07) is 1.71. The van der Waals surface area contributed by atoms with Crippen molar-refractivity contribution < 1.29 is 9.53 Å². The van der Waals surface area contributed by atoms with Gasteiger partial charge in [0.2, 0.25) is 0 Å². The maximum Gasteiger partial charge on any atom is 0.310 e. The molecule has 0 saturated carbocycles. The summed E-state index contributed by atoms with van der Waals surface area (Å²) in [5.74, 6) is -0.0543. The van der Waals surface area contributed by atoms with Crippen molar-refractivity contribution in [3.63, 3.8) is 0 Å². The van der Waals surface area contributed by atoms with Crippen LogP contribution in [-0.2, 0) is 9.53 Å². The number of piperidine rings is 2. The van der Waals surface area contributed by atoms with Gasteiger partial charge in [0.15, 0.2) is 0 Å². The van der Waals surface area contributed by atoms with E-state index in [1.165, 1.54) is 19.3 Å². The molecule has 0 radical (unpaired) electrons.